The molecule has 1 atom stereocenters. The number of nitrogen functional groups attached to an aromatic ring is 1. The Morgan fingerprint density at radius 2 is 2.04 bits per heavy atom. The molecule has 7 nitrogen and oxygen atoms in total. The van der Waals surface area contributed by atoms with Gasteiger partial charge in [0.2, 0.25) is 11.9 Å². The van der Waals surface area contributed by atoms with Crippen LogP contribution in [-0.2, 0) is 6.54 Å². The van der Waals surface area contributed by atoms with E-state index in [1.54, 1.807) is 4.90 Å². The summed E-state index contributed by atoms with van der Waals surface area (Å²) in [5.41, 5.74) is 6.88. The van der Waals surface area contributed by atoms with Gasteiger partial charge in [-0.15, -0.1) is 0 Å². The fourth-order valence-electron chi connectivity index (χ4n) is 2.11. The largest absolute Gasteiger partial charge is 0.494 e. The van der Waals surface area contributed by atoms with Crippen LogP contribution in [0.4, 0.5) is 11.9 Å². The lowest BCUT2D eigenvalue weighted by atomic mass is 10.1. The second-order valence-corrected chi connectivity index (χ2v) is 5.41. The Morgan fingerprint density at radius 1 is 1.26 bits per heavy atom. The predicted molar refractivity (Wildman–Crippen MR) is 91.4 cm³/mol. The number of rotatable bonds is 7. The van der Waals surface area contributed by atoms with E-state index in [-0.39, 0.29) is 12.0 Å². The molecule has 7 heteroatoms. The minimum atomic E-state index is 0.135. The molecule has 0 aliphatic rings. The molecule has 0 saturated carbocycles. The van der Waals surface area contributed by atoms with Crippen LogP contribution in [0.2, 0.25) is 0 Å². The van der Waals surface area contributed by atoms with E-state index in [2.05, 4.69) is 33.3 Å². The zero-order chi connectivity index (χ0) is 16.8. The monoisotopic (exact) mass is 316 g/mol. The van der Waals surface area contributed by atoms with Crippen molar-refractivity contribution in [2.75, 3.05) is 31.3 Å². The van der Waals surface area contributed by atoms with Crippen molar-refractivity contribution in [3.05, 3.63) is 35.7 Å². The van der Waals surface area contributed by atoms with E-state index in [1.807, 2.05) is 39.2 Å². The molecule has 1 unspecified atom stereocenters. The topological polar surface area (TPSA) is 89.2 Å². The highest BCUT2D eigenvalue weighted by Gasteiger charge is 2.10. The second-order valence-electron chi connectivity index (χ2n) is 5.41. The van der Waals surface area contributed by atoms with Gasteiger partial charge in [-0.2, -0.15) is 15.0 Å². The number of hydrogen-bond acceptors (Lipinski definition) is 7. The molecule has 0 amide bonds. The van der Waals surface area contributed by atoms with E-state index < -0.39 is 0 Å². The van der Waals surface area contributed by atoms with Crippen molar-refractivity contribution >= 4 is 11.9 Å². The molecule has 0 bridgehead atoms. The van der Waals surface area contributed by atoms with Crippen LogP contribution in [0.5, 0.6) is 5.75 Å². The number of aromatic nitrogens is 3. The van der Waals surface area contributed by atoms with Crippen LogP contribution in [0.15, 0.2) is 24.3 Å². The lowest BCUT2D eigenvalue weighted by Gasteiger charge is -2.16. The fourth-order valence-corrected chi connectivity index (χ4v) is 2.11. The predicted octanol–water partition coefficient (Wildman–Crippen LogP) is 1.77. The van der Waals surface area contributed by atoms with Crippen molar-refractivity contribution in [2.24, 2.45) is 0 Å². The molecule has 3 N–H and O–H groups in total. The molecule has 1 aromatic heterocycles. The van der Waals surface area contributed by atoms with Crippen LogP contribution < -0.4 is 20.7 Å². The summed E-state index contributed by atoms with van der Waals surface area (Å²) in [7, 11) is 3.74. The molecule has 0 radical (unpaired) electrons. The SMILES string of the molecule is CCOc1cccc(C(C)NCc2nc(N)nc(N(C)C)n2)c1. The minimum Gasteiger partial charge on any atom is -0.494 e. The number of benzene rings is 1. The molecular formula is C16H24N6O. The highest BCUT2D eigenvalue weighted by molar-refractivity contribution is 5.33. The van der Waals surface area contributed by atoms with Gasteiger partial charge in [0.15, 0.2) is 0 Å². The third-order valence-electron chi connectivity index (χ3n) is 3.32. The molecule has 23 heavy (non-hydrogen) atoms. The van der Waals surface area contributed by atoms with E-state index in [4.69, 9.17) is 10.5 Å². The summed E-state index contributed by atoms with van der Waals surface area (Å²) in [6, 6.07) is 8.18. The Hall–Kier alpha value is -2.41. The first kappa shape index (κ1) is 17.0. The summed E-state index contributed by atoms with van der Waals surface area (Å²) in [5, 5.41) is 3.40. The number of nitrogens with one attached hydrogen (secondary N) is 1. The maximum Gasteiger partial charge on any atom is 0.229 e. The average Bonchev–Trinajstić information content (AvgIpc) is 2.52. The number of nitrogens with zero attached hydrogens (tertiary/aromatic N) is 4. The lowest BCUT2D eigenvalue weighted by Crippen LogP contribution is -2.22. The van der Waals surface area contributed by atoms with Crippen LogP contribution in [-0.4, -0.2) is 35.7 Å². The average molecular weight is 316 g/mol. The van der Waals surface area contributed by atoms with Gasteiger partial charge >= 0.3 is 0 Å². The fraction of sp³-hybridized carbons (Fsp3) is 0.438. The zero-order valence-corrected chi connectivity index (χ0v) is 14.1. The van der Waals surface area contributed by atoms with E-state index in [0.29, 0.717) is 24.9 Å². The summed E-state index contributed by atoms with van der Waals surface area (Å²) in [6.07, 6.45) is 0. The zero-order valence-electron chi connectivity index (χ0n) is 14.1. The minimum absolute atomic E-state index is 0.135. The van der Waals surface area contributed by atoms with E-state index in [1.165, 1.54) is 0 Å². The van der Waals surface area contributed by atoms with Gasteiger partial charge in [-0.25, -0.2) is 0 Å². The summed E-state index contributed by atoms with van der Waals surface area (Å²) in [6.45, 7) is 5.22. The first-order chi connectivity index (χ1) is 11.0. The van der Waals surface area contributed by atoms with E-state index in [9.17, 15) is 0 Å². The maximum absolute atomic E-state index is 5.73. The smallest absolute Gasteiger partial charge is 0.229 e. The molecule has 0 fully saturated rings. The van der Waals surface area contributed by atoms with Gasteiger partial charge in [0.1, 0.15) is 11.6 Å². The van der Waals surface area contributed by atoms with Crippen molar-refractivity contribution in [1.29, 1.82) is 0 Å². The summed E-state index contributed by atoms with van der Waals surface area (Å²) in [5.74, 6) is 2.28. The number of anilines is 2. The summed E-state index contributed by atoms with van der Waals surface area (Å²) >= 11 is 0. The van der Waals surface area contributed by atoms with Gasteiger partial charge in [-0.05, 0) is 31.5 Å². The van der Waals surface area contributed by atoms with Crippen molar-refractivity contribution < 1.29 is 4.74 Å². The molecule has 1 heterocycles. The van der Waals surface area contributed by atoms with Crippen molar-refractivity contribution in [3.8, 4) is 5.75 Å². The Labute approximate surface area is 136 Å². The number of nitrogens with two attached hydrogens (primary N) is 1. The highest BCUT2D eigenvalue weighted by Crippen LogP contribution is 2.19. The molecular weight excluding hydrogens is 292 g/mol. The molecule has 0 saturated heterocycles. The van der Waals surface area contributed by atoms with Crippen LogP contribution in [0.25, 0.3) is 0 Å². The first-order valence-electron chi connectivity index (χ1n) is 7.63. The van der Waals surface area contributed by atoms with E-state index >= 15 is 0 Å². The van der Waals surface area contributed by atoms with Gasteiger partial charge in [-0.1, -0.05) is 12.1 Å². The van der Waals surface area contributed by atoms with Gasteiger partial charge in [0, 0.05) is 20.1 Å². The van der Waals surface area contributed by atoms with Gasteiger partial charge in [-0.3, -0.25) is 0 Å². The molecule has 2 rings (SSSR count). The standard InChI is InChI=1S/C16H24N6O/c1-5-23-13-8-6-7-12(9-13)11(2)18-10-14-19-15(17)21-16(20-14)22(3)4/h6-9,11,18H,5,10H2,1-4H3,(H2,17,19,20,21). The molecule has 2 aromatic rings. The molecule has 1 aromatic carbocycles. The highest BCUT2D eigenvalue weighted by atomic mass is 16.5. The second kappa shape index (κ2) is 7.73. The molecule has 0 spiro atoms. The van der Waals surface area contributed by atoms with E-state index in [0.717, 1.165) is 11.3 Å². The number of ether oxygens (including phenoxy) is 1. The van der Waals surface area contributed by atoms with Crippen molar-refractivity contribution in [2.45, 2.75) is 26.4 Å². The lowest BCUT2D eigenvalue weighted by molar-refractivity contribution is 0.339. The van der Waals surface area contributed by atoms with Crippen LogP contribution >= 0.6 is 0 Å². The van der Waals surface area contributed by atoms with Crippen LogP contribution in [0.3, 0.4) is 0 Å². The number of hydrogen-bond donors (Lipinski definition) is 2. The molecule has 0 aliphatic carbocycles. The summed E-state index contributed by atoms with van der Waals surface area (Å²) < 4.78 is 5.53. The van der Waals surface area contributed by atoms with Gasteiger partial charge in [0.05, 0.1) is 13.2 Å². The molecule has 124 valence electrons. The maximum atomic E-state index is 5.73. The van der Waals surface area contributed by atoms with Crippen molar-refractivity contribution in [1.82, 2.24) is 20.3 Å². The Kier molecular flexibility index (Phi) is 5.70. The quantitative estimate of drug-likeness (QED) is 0.804. The third kappa shape index (κ3) is 4.79. The Balaban J connectivity index is 2.04. The van der Waals surface area contributed by atoms with Gasteiger partial charge in [0.25, 0.3) is 0 Å². The normalized spacial score (nSPS) is 12.0. The van der Waals surface area contributed by atoms with Crippen LogP contribution in [0, 0.1) is 0 Å². The van der Waals surface area contributed by atoms with Gasteiger partial charge < -0.3 is 20.7 Å². The van der Waals surface area contributed by atoms with Crippen molar-refractivity contribution in [3.63, 3.8) is 0 Å². The Morgan fingerprint density at radius 3 is 2.74 bits per heavy atom. The Bertz CT molecular complexity index is 646. The first-order valence-corrected chi connectivity index (χ1v) is 7.63. The summed E-state index contributed by atoms with van der Waals surface area (Å²) in [4.78, 5) is 14.4. The molecule has 0 aliphatic heterocycles. The third-order valence-corrected chi connectivity index (χ3v) is 3.32. The van der Waals surface area contributed by atoms with Crippen LogP contribution in [0.1, 0.15) is 31.3 Å².